The normalized spacial score (nSPS) is 9.90. The first-order valence-electron chi connectivity index (χ1n) is 5.79. The van der Waals surface area contributed by atoms with E-state index in [0.717, 1.165) is 10.0 Å². The van der Waals surface area contributed by atoms with Gasteiger partial charge in [-0.15, -0.1) is 0 Å². The minimum absolute atomic E-state index is 0.270. The highest BCUT2D eigenvalue weighted by Gasteiger charge is 2.13. The Morgan fingerprint density at radius 2 is 2.05 bits per heavy atom. The zero-order valence-corrected chi connectivity index (χ0v) is 13.0. The van der Waals surface area contributed by atoms with Crippen LogP contribution in [0.5, 0.6) is 11.5 Å². The molecule has 0 radical (unpaired) electrons. The molecule has 20 heavy (non-hydrogen) atoms. The summed E-state index contributed by atoms with van der Waals surface area (Å²) >= 11 is 9.41. The first-order valence-corrected chi connectivity index (χ1v) is 6.96. The predicted octanol–water partition coefficient (Wildman–Crippen LogP) is 4.56. The van der Waals surface area contributed by atoms with Crippen molar-refractivity contribution in [2.75, 3.05) is 7.11 Å². The predicted molar refractivity (Wildman–Crippen MR) is 81.2 cm³/mol. The topological polar surface area (TPSA) is 42.2 Å². The molecule has 0 aliphatic heterocycles. The van der Waals surface area contributed by atoms with Gasteiger partial charge in [0.25, 0.3) is 0 Å². The van der Waals surface area contributed by atoms with E-state index in [9.17, 15) is 5.26 Å². The van der Waals surface area contributed by atoms with Crippen LogP contribution in [0.2, 0.25) is 5.02 Å². The van der Waals surface area contributed by atoms with Gasteiger partial charge in [-0.25, -0.2) is 0 Å². The highest BCUT2D eigenvalue weighted by atomic mass is 79.9. The number of nitrogens with zero attached hydrogens (tertiary/aromatic N) is 1. The van der Waals surface area contributed by atoms with E-state index in [2.05, 4.69) is 22.0 Å². The van der Waals surface area contributed by atoms with E-state index in [1.807, 2.05) is 18.2 Å². The Hall–Kier alpha value is -1.70. The molecule has 0 saturated heterocycles. The zero-order chi connectivity index (χ0) is 14.5. The van der Waals surface area contributed by atoms with Crippen LogP contribution in [0.25, 0.3) is 0 Å². The van der Waals surface area contributed by atoms with Gasteiger partial charge in [-0.05, 0) is 18.2 Å². The van der Waals surface area contributed by atoms with Gasteiger partial charge >= 0.3 is 0 Å². The van der Waals surface area contributed by atoms with Gasteiger partial charge in [0.1, 0.15) is 12.7 Å². The van der Waals surface area contributed by atoms with Crippen molar-refractivity contribution in [1.29, 1.82) is 5.26 Å². The van der Waals surface area contributed by atoms with Crippen molar-refractivity contribution >= 4 is 27.5 Å². The van der Waals surface area contributed by atoms with Crippen LogP contribution < -0.4 is 9.47 Å². The van der Waals surface area contributed by atoms with E-state index in [1.165, 1.54) is 7.11 Å². The van der Waals surface area contributed by atoms with Crippen LogP contribution in [0.4, 0.5) is 0 Å². The molecule has 0 atom stereocenters. The average Bonchev–Trinajstić information content (AvgIpc) is 2.46. The Bertz CT molecular complexity index is 667. The zero-order valence-electron chi connectivity index (χ0n) is 10.7. The lowest BCUT2D eigenvalue weighted by atomic mass is 10.2. The fraction of sp³-hybridized carbons (Fsp3) is 0.133. The van der Waals surface area contributed by atoms with Crippen molar-refractivity contribution in [3.05, 3.63) is 57.0 Å². The summed E-state index contributed by atoms with van der Waals surface area (Å²) in [6.45, 7) is 0.270. The van der Waals surface area contributed by atoms with Gasteiger partial charge in [-0.1, -0.05) is 45.7 Å². The number of rotatable bonds is 4. The van der Waals surface area contributed by atoms with Crippen LogP contribution in [-0.2, 0) is 6.61 Å². The van der Waals surface area contributed by atoms with Crippen molar-refractivity contribution < 1.29 is 9.47 Å². The summed E-state index contributed by atoms with van der Waals surface area (Å²) in [7, 11) is 1.53. The van der Waals surface area contributed by atoms with Crippen LogP contribution in [0, 0.1) is 11.3 Å². The summed E-state index contributed by atoms with van der Waals surface area (Å²) in [5.41, 5.74) is 1.26. The van der Waals surface area contributed by atoms with Crippen LogP contribution >= 0.6 is 27.5 Å². The number of ether oxygens (including phenoxy) is 2. The van der Waals surface area contributed by atoms with Gasteiger partial charge in [0.15, 0.2) is 11.5 Å². The van der Waals surface area contributed by atoms with Crippen molar-refractivity contribution in [2.24, 2.45) is 0 Å². The molecule has 2 aromatic rings. The smallest absolute Gasteiger partial charge is 0.179 e. The molecule has 0 aromatic heterocycles. The second kappa shape index (κ2) is 6.65. The molecule has 2 rings (SSSR count). The quantitative estimate of drug-likeness (QED) is 0.810. The van der Waals surface area contributed by atoms with E-state index < -0.39 is 0 Å². The fourth-order valence-corrected chi connectivity index (χ4v) is 2.34. The van der Waals surface area contributed by atoms with E-state index in [-0.39, 0.29) is 6.61 Å². The molecule has 0 N–H and O–H groups in total. The summed E-state index contributed by atoms with van der Waals surface area (Å²) in [4.78, 5) is 0. The van der Waals surface area contributed by atoms with Crippen LogP contribution in [0.1, 0.15) is 11.1 Å². The first-order chi connectivity index (χ1) is 9.65. The summed E-state index contributed by atoms with van der Waals surface area (Å²) in [6, 6.07) is 12.9. The van der Waals surface area contributed by atoms with Crippen molar-refractivity contribution in [3.8, 4) is 17.6 Å². The minimum atomic E-state index is 0.270. The first kappa shape index (κ1) is 14.7. The molecule has 0 bridgehead atoms. The lowest BCUT2D eigenvalue weighted by molar-refractivity contribution is 0.283. The fourth-order valence-electron chi connectivity index (χ4n) is 1.72. The number of hydrogen-bond donors (Lipinski definition) is 0. The van der Waals surface area contributed by atoms with Gasteiger partial charge < -0.3 is 9.47 Å². The molecule has 0 aliphatic carbocycles. The van der Waals surface area contributed by atoms with Crippen LogP contribution in [-0.4, -0.2) is 7.11 Å². The Kier molecular flexibility index (Phi) is 4.89. The van der Waals surface area contributed by atoms with Crippen molar-refractivity contribution in [2.45, 2.75) is 6.61 Å². The van der Waals surface area contributed by atoms with Gasteiger partial charge in [-0.3, -0.25) is 0 Å². The molecular weight excluding hydrogens is 342 g/mol. The van der Waals surface area contributed by atoms with Crippen molar-refractivity contribution in [1.82, 2.24) is 0 Å². The maximum Gasteiger partial charge on any atom is 0.179 e. The lowest BCUT2D eigenvalue weighted by Gasteiger charge is -2.13. The second-order valence-electron chi connectivity index (χ2n) is 3.98. The van der Waals surface area contributed by atoms with Crippen LogP contribution in [0.3, 0.4) is 0 Å². The highest BCUT2D eigenvalue weighted by Crippen LogP contribution is 2.35. The summed E-state index contributed by atoms with van der Waals surface area (Å²) in [6.07, 6.45) is 0. The SMILES string of the molecule is COc1cc(Br)cc(C#N)c1OCc1ccccc1Cl. The maximum atomic E-state index is 9.18. The molecule has 0 amide bonds. The van der Waals surface area contributed by atoms with Crippen LogP contribution in [0.15, 0.2) is 40.9 Å². The molecule has 0 unspecified atom stereocenters. The van der Waals surface area contributed by atoms with E-state index in [1.54, 1.807) is 18.2 Å². The molecule has 0 fully saturated rings. The number of halogens is 2. The summed E-state index contributed by atoms with van der Waals surface area (Å²) in [5, 5.41) is 9.81. The Balaban J connectivity index is 2.30. The Morgan fingerprint density at radius 3 is 2.70 bits per heavy atom. The molecule has 2 aromatic carbocycles. The Labute approximate surface area is 130 Å². The standard InChI is InChI=1S/C15H11BrClNO2/c1-19-14-7-12(16)6-11(8-18)15(14)20-9-10-4-2-3-5-13(10)17/h2-7H,9H2,1H3. The summed E-state index contributed by atoms with van der Waals surface area (Å²) < 4.78 is 11.7. The van der Waals surface area contributed by atoms with Gasteiger partial charge in [0.2, 0.25) is 0 Å². The van der Waals surface area contributed by atoms with Crippen molar-refractivity contribution in [3.63, 3.8) is 0 Å². The average molecular weight is 353 g/mol. The molecule has 0 spiro atoms. The largest absolute Gasteiger partial charge is 0.493 e. The molecule has 5 heteroatoms. The third-order valence-corrected chi connectivity index (χ3v) is 3.52. The summed E-state index contributed by atoms with van der Waals surface area (Å²) in [5.74, 6) is 0.918. The molecule has 3 nitrogen and oxygen atoms in total. The number of methoxy groups -OCH3 is 1. The number of hydrogen-bond acceptors (Lipinski definition) is 3. The van der Waals surface area contributed by atoms with E-state index in [0.29, 0.717) is 22.1 Å². The molecule has 0 heterocycles. The van der Waals surface area contributed by atoms with E-state index >= 15 is 0 Å². The van der Waals surface area contributed by atoms with E-state index in [4.69, 9.17) is 21.1 Å². The maximum absolute atomic E-state index is 9.18. The molecule has 0 aliphatic rings. The third-order valence-electron chi connectivity index (χ3n) is 2.69. The highest BCUT2D eigenvalue weighted by molar-refractivity contribution is 9.10. The molecule has 0 saturated carbocycles. The van der Waals surface area contributed by atoms with Gasteiger partial charge in [0, 0.05) is 15.1 Å². The molecular formula is C15H11BrClNO2. The third kappa shape index (κ3) is 3.24. The number of benzene rings is 2. The lowest BCUT2D eigenvalue weighted by Crippen LogP contribution is -2.00. The van der Waals surface area contributed by atoms with Gasteiger partial charge in [0.05, 0.1) is 12.7 Å². The van der Waals surface area contributed by atoms with Gasteiger partial charge in [-0.2, -0.15) is 5.26 Å². The number of nitriles is 1. The second-order valence-corrected chi connectivity index (χ2v) is 5.30. The monoisotopic (exact) mass is 351 g/mol. The Morgan fingerprint density at radius 1 is 1.30 bits per heavy atom. The minimum Gasteiger partial charge on any atom is -0.493 e. The molecule has 102 valence electrons.